The van der Waals surface area contributed by atoms with Crippen LogP contribution in [0, 0.1) is 0 Å². The van der Waals surface area contributed by atoms with Gasteiger partial charge in [-0.25, -0.2) is 8.42 Å². The van der Waals surface area contributed by atoms with Crippen LogP contribution >= 0.6 is 34.7 Å². The van der Waals surface area contributed by atoms with Gasteiger partial charge in [-0.1, -0.05) is 0 Å². The number of alkyl halides is 1. The normalized spacial score (nSPS) is 12.2. The van der Waals surface area contributed by atoms with Crippen LogP contribution in [0.2, 0.25) is 0 Å². The molecular formula is C10H16ClNO2S3. The molecule has 1 aromatic rings. The van der Waals surface area contributed by atoms with E-state index in [0.717, 1.165) is 17.1 Å². The van der Waals surface area contributed by atoms with Crippen molar-refractivity contribution in [3.05, 3.63) is 17.0 Å². The number of hydrogen-bond acceptors (Lipinski definition) is 4. The van der Waals surface area contributed by atoms with Crippen molar-refractivity contribution in [1.82, 2.24) is 4.31 Å². The van der Waals surface area contributed by atoms with E-state index in [-0.39, 0.29) is 0 Å². The average Bonchev–Trinajstić information content (AvgIpc) is 2.75. The second-order valence-electron chi connectivity index (χ2n) is 3.48. The molecule has 1 aromatic heterocycles. The Kier molecular flexibility index (Phi) is 6.30. The summed E-state index contributed by atoms with van der Waals surface area (Å²) in [5, 5.41) is 0. The molecule has 0 N–H and O–H groups in total. The van der Waals surface area contributed by atoms with Gasteiger partial charge in [-0.3, -0.25) is 0 Å². The van der Waals surface area contributed by atoms with Crippen LogP contribution in [0.3, 0.4) is 0 Å². The first-order valence-corrected chi connectivity index (χ1v) is 9.31. The van der Waals surface area contributed by atoms with Crippen LogP contribution in [0.1, 0.15) is 4.88 Å². The van der Waals surface area contributed by atoms with Gasteiger partial charge in [0, 0.05) is 30.1 Å². The lowest BCUT2D eigenvalue weighted by Gasteiger charge is -2.14. The first-order valence-electron chi connectivity index (χ1n) is 5.12. The molecule has 0 aliphatic heterocycles. The molecule has 0 saturated heterocycles. The van der Waals surface area contributed by atoms with Gasteiger partial charge >= 0.3 is 0 Å². The average molecular weight is 314 g/mol. The SMILES string of the molecule is CSCCN(C)S(=O)(=O)c1ccc(CCCl)s1. The van der Waals surface area contributed by atoms with Gasteiger partial charge in [-0.15, -0.1) is 22.9 Å². The lowest BCUT2D eigenvalue weighted by atomic mass is 10.4. The fourth-order valence-corrected chi connectivity index (χ4v) is 4.84. The number of aryl methyl sites for hydroxylation is 1. The molecular weight excluding hydrogens is 298 g/mol. The Bertz CT molecular complexity index is 444. The summed E-state index contributed by atoms with van der Waals surface area (Å²) in [6.07, 6.45) is 2.68. The highest BCUT2D eigenvalue weighted by atomic mass is 35.5. The van der Waals surface area contributed by atoms with Gasteiger partial charge in [0.2, 0.25) is 0 Å². The first-order chi connectivity index (χ1) is 8.02. The van der Waals surface area contributed by atoms with Gasteiger partial charge in [0.1, 0.15) is 4.21 Å². The molecule has 1 heterocycles. The highest BCUT2D eigenvalue weighted by molar-refractivity contribution is 7.98. The van der Waals surface area contributed by atoms with Crippen LogP contribution in [-0.4, -0.2) is 44.2 Å². The molecule has 7 heteroatoms. The lowest BCUT2D eigenvalue weighted by molar-refractivity contribution is 0.490. The lowest BCUT2D eigenvalue weighted by Crippen LogP contribution is -2.28. The van der Waals surface area contributed by atoms with Crippen molar-refractivity contribution in [3.63, 3.8) is 0 Å². The summed E-state index contributed by atoms with van der Waals surface area (Å²) in [4.78, 5) is 1.01. The molecule has 0 aromatic carbocycles. The van der Waals surface area contributed by atoms with Crippen molar-refractivity contribution in [3.8, 4) is 0 Å². The van der Waals surface area contributed by atoms with Crippen molar-refractivity contribution >= 4 is 44.7 Å². The van der Waals surface area contributed by atoms with E-state index in [4.69, 9.17) is 11.6 Å². The maximum absolute atomic E-state index is 12.1. The molecule has 0 bridgehead atoms. The van der Waals surface area contributed by atoms with Crippen LogP contribution in [0.4, 0.5) is 0 Å². The summed E-state index contributed by atoms with van der Waals surface area (Å²) in [6, 6.07) is 3.50. The third-order valence-corrected chi connectivity index (χ3v) is 6.50. The predicted octanol–water partition coefficient (Wildman–Crippen LogP) is 2.51. The van der Waals surface area contributed by atoms with Crippen molar-refractivity contribution < 1.29 is 8.42 Å². The van der Waals surface area contributed by atoms with E-state index in [9.17, 15) is 8.42 Å². The molecule has 0 unspecified atom stereocenters. The molecule has 0 spiro atoms. The van der Waals surface area contributed by atoms with E-state index < -0.39 is 10.0 Å². The molecule has 17 heavy (non-hydrogen) atoms. The Balaban J connectivity index is 2.81. The minimum atomic E-state index is -3.31. The maximum atomic E-state index is 12.1. The largest absolute Gasteiger partial charge is 0.252 e. The minimum Gasteiger partial charge on any atom is -0.206 e. The number of nitrogens with zero attached hydrogens (tertiary/aromatic N) is 1. The van der Waals surface area contributed by atoms with E-state index in [1.54, 1.807) is 24.9 Å². The molecule has 1 rings (SSSR count). The quantitative estimate of drug-likeness (QED) is 0.726. The molecule has 0 atom stereocenters. The number of hydrogen-bond donors (Lipinski definition) is 0. The third-order valence-electron chi connectivity index (χ3n) is 2.25. The van der Waals surface area contributed by atoms with Crippen LogP contribution < -0.4 is 0 Å². The van der Waals surface area contributed by atoms with Gasteiger partial charge in [0.05, 0.1) is 0 Å². The molecule has 0 radical (unpaired) electrons. The fourth-order valence-electron chi connectivity index (χ4n) is 1.22. The Morgan fingerprint density at radius 3 is 2.76 bits per heavy atom. The summed E-state index contributed by atoms with van der Waals surface area (Å²) in [7, 11) is -1.70. The summed E-state index contributed by atoms with van der Waals surface area (Å²) in [6.45, 7) is 0.534. The summed E-state index contributed by atoms with van der Waals surface area (Å²) in [5.41, 5.74) is 0. The number of thiophene rings is 1. The van der Waals surface area contributed by atoms with Crippen molar-refractivity contribution in [2.75, 3.05) is 31.5 Å². The highest BCUT2D eigenvalue weighted by Crippen LogP contribution is 2.24. The molecule has 0 amide bonds. The van der Waals surface area contributed by atoms with Crippen molar-refractivity contribution in [2.45, 2.75) is 10.6 Å². The van der Waals surface area contributed by atoms with Gasteiger partial charge in [0.25, 0.3) is 10.0 Å². The summed E-state index contributed by atoms with van der Waals surface area (Å²) < 4.78 is 26.1. The standard InChI is InChI=1S/C10H16ClNO2S3/c1-12(7-8-15-2)17(13,14)10-4-3-9(16-10)5-6-11/h3-4H,5-8H2,1-2H3. The van der Waals surface area contributed by atoms with Crippen LogP contribution in [0.5, 0.6) is 0 Å². The first kappa shape index (κ1) is 15.3. The smallest absolute Gasteiger partial charge is 0.206 e. The molecule has 0 aliphatic carbocycles. The van der Waals surface area contributed by atoms with Gasteiger partial charge in [0.15, 0.2) is 0 Å². The van der Waals surface area contributed by atoms with Crippen LogP contribution in [-0.2, 0) is 16.4 Å². The maximum Gasteiger partial charge on any atom is 0.252 e. The topological polar surface area (TPSA) is 37.4 Å². The minimum absolute atomic E-state index is 0.404. The van der Waals surface area contributed by atoms with E-state index in [1.807, 2.05) is 12.3 Å². The van der Waals surface area contributed by atoms with Crippen LogP contribution in [0.25, 0.3) is 0 Å². The van der Waals surface area contributed by atoms with Gasteiger partial charge in [-0.2, -0.15) is 16.1 Å². The van der Waals surface area contributed by atoms with Gasteiger partial charge in [-0.05, 0) is 24.8 Å². The second-order valence-corrected chi connectivity index (χ2v) is 8.28. The molecule has 0 saturated carbocycles. The van der Waals surface area contributed by atoms with E-state index in [2.05, 4.69) is 0 Å². The van der Waals surface area contributed by atoms with Crippen molar-refractivity contribution in [2.24, 2.45) is 0 Å². The monoisotopic (exact) mass is 313 g/mol. The zero-order valence-electron chi connectivity index (χ0n) is 9.85. The molecule has 3 nitrogen and oxygen atoms in total. The summed E-state index contributed by atoms with van der Waals surface area (Å²) >= 11 is 8.57. The van der Waals surface area contributed by atoms with E-state index >= 15 is 0 Å². The molecule has 0 fully saturated rings. The van der Waals surface area contributed by atoms with E-state index in [1.165, 1.54) is 15.6 Å². The second kappa shape index (κ2) is 6.99. The fraction of sp³-hybridized carbons (Fsp3) is 0.600. The number of rotatable bonds is 7. The zero-order chi connectivity index (χ0) is 12.9. The van der Waals surface area contributed by atoms with Crippen molar-refractivity contribution in [1.29, 1.82) is 0 Å². The number of halogens is 1. The Morgan fingerprint density at radius 1 is 1.47 bits per heavy atom. The Morgan fingerprint density at radius 2 is 2.18 bits per heavy atom. The highest BCUT2D eigenvalue weighted by Gasteiger charge is 2.22. The summed E-state index contributed by atoms with van der Waals surface area (Å²) in [5.74, 6) is 1.32. The predicted molar refractivity (Wildman–Crippen MR) is 76.9 cm³/mol. The zero-order valence-corrected chi connectivity index (χ0v) is 13.1. The molecule has 0 aliphatic rings. The van der Waals surface area contributed by atoms with Gasteiger partial charge < -0.3 is 0 Å². The number of thioether (sulfide) groups is 1. The van der Waals surface area contributed by atoms with E-state index in [0.29, 0.717) is 16.6 Å². The Labute approximate surface area is 116 Å². The number of sulfonamides is 1. The Hall–Kier alpha value is 0.250. The molecule has 98 valence electrons. The van der Waals surface area contributed by atoms with Crippen LogP contribution in [0.15, 0.2) is 16.3 Å². The third kappa shape index (κ3) is 4.13.